The van der Waals surface area contributed by atoms with Crippen LogP contribution < -0.4 is 15.5 Å². The second-order valence-electron chi connectivity index (χ2n) is 5.71. The summed E-state index contributed by atoms with van der Waals surface area (Å²) in [7, 11) is 0. The Hall–Kier alpha value is -3.14. The van der Waals surface area contributed by atoms with E-state index in [0.717, 1.165) is 30.4 Å². The Bertz CT molecular complexity index is 895. The Labute approximate surface area is 159 Å². The number of hydrogen-bond donors (Lipinski definition) is 2. The minimum absolute atomic E-state index is 0.0929. The van der Waals surface area contributed by atoms with Crippen LogP contribution in [0.3, 0.4) is 0 Å². The van der Waals surface area contributed by atoms with Crippen LogP contribution in [0.1, 0.15) is 10.7 Å². The molecule has 138 valence electrons. The molecule has 4 heterocycles. The van der Waals surface area contributed by atoms with Crippen LogP contribution in [0.15, 0.2) is 47.1 Å². The Kier molecular flexibility index (Phi) is 5.15. The largest absolute Gasteiger partial charge is 0.399 e. The van der Waals surface area contributed by atoms with Crippen molar-refractivity contribution in [2.45, 2.75) is 0 Å². The van der Waals surface area contributed by atoms with Gasteiger partial charge in [0.2, 0.25) is 0 Å². The summed E-state index contributed by atoms with van der Waals surface area (Å²) in [6, 6.07) is 9.16. The van der Waals surface area contributed by atoms with E-state index in [9.17, 15) is 4.79 Å². The molecule has 10 heteroatoms. The number of nitrogens with zero attached hydrogens (tertiary/aromatic N) is 5. The minimum atomic E-state index is -0.500. The Morgan fingerprint density at radius 3 is 2.74 bits per heavy atom. The van der Waals surface area contributed by atoms with Gasteiger partial charge >= 0.3 is 17.8 Å². The number of pyridine rings is 2. The molecule has 1 aliphatic rings. The third-order valence-corrected chi connectivity index (χ3v) is 4.80. The quantitative estimate of drug-likeness (QED) is 0.686. The lowest BCUT2D eigenvalue weighted by Crippen LogP contribution is -2.33. The topological polar surface area (TPSA) is 109 Å². The number of hydrogen-bond acceptors (Lipinski definition) is 9. The molecule has 0 bridgehead atoms. The van der Waals surface area contributed by atoms with Gasteiger partial charge in [-0.15, -0.1) is 5.10 Å². The lowest BCUT2D eigenvalue weighted by Gasteiger charge is -2.27. The van der Waals surface area contributed by atoms with Gasteiger partial charge in [-0.1, -0.05) is 11.2 Å². The molecule has 4 rings (SSSR count). The van der Waals surface area contributed by atoms with E-state index >= 15 is 0 Å². The maximum Gasteiger partial charge on any atom is 0.321 e. The van der Waals surface area contributed by atoms with Crippen molar-refractivity contribution >= 4 is 41.0 Å². The summed E-state index contributed by atoms with van der Waals surface area (Å²) >= 11 is 1.95. The third-order valence-electron chi connectivity index (χ3n) is 3.86. The summed E-state index contributed by atoms with van der Waals surface area (Å²) in [5.74, 6) is 3.02. The molecular weight excluding hydrogens is 366 g/mol. The highest BCUT2D eigenvalue weighted by Crippen LogP contribution is 2.19. The van der Waals surface area contributed by atoms with Gasteiger partial charge in [-0.2, -0.15) is 11.8 Å². The van der Waals surface area contributed by atoms with E-state index in [0.29, 0.717) is 11.5 Å². The first-order valence-electron chi connectivity index (χ1n) is 8.39. The number of rotatable bonds is 5. The highest BCUT2D eigenvalue weighted by atomic mass is 32.2. The third kappa shape index (κ3) is 4.34. The van der Waals surface area contributed by atoms with E-state index in [1.807, 2.05) is 30.0 Å². The summed E-state index contributed by atoms with van der Waals surface area (Å²) in [6.07, 6.45) is 3.25. The molecule has 9 nitrogen and oxygen atoms in total. The number of thioether (sulfide) groups is 1. The van der Waals surface area contributed by atoms with Crippen LogP contribution in [-0.2, 0) is 0 Å². The van der Waals surface area contributed by atoms with Crippen LogP contribution in [0.25, 0.3) is 0 Å². The second-order valence-corrected chi connectivity index (χ2v) is 6.94. The average Bonchev–Trinajstić information content (AvgIpc) is 3.19. The zero-order chi connectivity index (χ0) is 18.5. The smallest absolute Gasteiger partial charge is 0.321 e. The molecule has 3 aromatic rings. The van der Waals surface area contributed by atoms with Crippen molar-refractivity contribution in [2.24, 2.45) is 0 Å². The molecule has 0 unspecified atom stereocenters. The SMILES string of the molecule is O=C(Nc1ccc(N2CCSCC2)nc1)c1nnc(Nc2ccccn2)o1. The average molecular weight is 383 g/mol. The van der Waals surface area contributed by atoms with Crippen molar-refractivity contribution in [3.05, 3.63) is 48.6 Å². The van der Waals surface area contributed by atoms with Crippen LogP contribution in [0.2, 0.25) is 0 Å². The highest BCUT2D eigenvalue weighted by molar-refractivity contribution is 7.99. The summed E-state index contributed by atoms with van der Waals surface area (Å²) in [5.41, 5.74) is 0.563. The number of aromatic nitrogens is 4. The van der Waals surface area contributed by atoms with Crippen LogP contribution in [0.5, 0.6) is 0 Å². The van der Waals surface area contributed by atoms with Gasteiger partial charge in [0.25, 0.3) is 0 Å². The van der Waals surface area contributed by atoms with Crippen molar-refractivity contribution in [2.75, 3.05) is 40.1 Å². The Morgan fingerprint density at radius 1 is 1.11 bits per heavy atom. The molecule has 1 aliphatic heterocycles. The van der Waals surface area contributed by atoms with Crippen LogP contribution in [-0.4, -0.2) is 50.7 Å². The molecule has 27 heavy (non-hydrogen) atoms. The fraction of sp³-hybridized carbons (Fsp3) is 0.235. The van der Waals surface area contributed by atoms with E-state index in [1.165, 1.54) is 0 Å². The Morgan fingerprint density at radius 2 is 2.00 bits per heavy atom. The first kappa shape index (κ1) is 17.3. The first-order valence-corrected chi connectivity index (χ1v) is 9.55. The fourth-order valence-corrected chi connectivity index (χ4v) is 3.44. The molecule has 1 amide bonds. The molecule has 0 radical (unpaired) electrons. The number of nitrogens with one attached hydrogen (secondary N) is 2. The number of carbonyl (C=O) groups is 1. The summed E-state index contributed by atoms with van der Waals surface area (Å²) in [4.78, 5) is 23.0. The first-order chi connectivity index (χ1) is 13.3. The van der Waals surface area contributed by atoms with Gasteiger partial charge in [-0.05, 0) is 24.3 Å². The fourth-order valence-electron chi connectivity index (χ4n) is 2.54. The lowest BCUT2D eigenvalue weighted by molar-refractivity contribution is 0.0991. The van der Waals surface area contributed by atoms with Gasteiger partial charge in [0.1, 0.15) is 11.6 Å². The standard InChI is InChI=1S/C17H17N7O2S/c25-15(16-22-23-17(26-16)21-13-3-1-2-6-18-13)20-12-4-5-14(19-11-12)24-7-9-27-10-8-24/h1-6,11H,7-10H2,(H,20,25)(H,18,21,23). The van der Waals surface area contributed by atoms with Crippen LogP contribution >= 0.6 is 11.8 Å². The maximum absolute atomic E-state index is 12.3. The Balaban J connectivity index is 1.37. The zero-order valence-corrected chi connectivity index (χ0v) is 15.1. The van der Waals surface area contributed by atoms with Crippen molar-refractivity contribution < 1.29 is 9.21 Å². The number of anilines is 4. The predicted octanol–water partition coefficient (Wildman–Crippen LogP) is 2.41. The lowest BCUT2D eigenvalue weighted by atomic mass is 10.3. The van der Waals surface area contributed by atoms with E-state index in [1.54, 1.807) is 24.5 Å². The minimum Gasteiger partial charge on any atom is -0.399 e. The normalized spacial score (nSPS) is 14.0. The van der Waals surface area contributed by atoms with E-state index < -0.39 is 5.91 Å². The molecular formula is C17H17N7O2S. The molecule has 1 saturated heterocycles. The van der Waals surface area contributed by atoms with Crippen LogP contribution in [0.4, 0.5) is 23.3 Å². The monoisotopic (exact) mass is 383 g/mol. The van der Waals surface area contributed by atoms with Crippen LogP contribution in [0, 0.1) is 0 Å². The summed E-state index contributed by atoms with van der Waals surface area (Å²) < 4.78 is 5.32. The van der Waals surface area contributed by atoms with Gasteiger partial charge in [-0.25, -0.2) is 9.97 Å². The van der Waals surface area contributed by atoms with Gasteiger partial charge in [0, 0.05) is 30.8 Å². The van der Waals surface area contributed by atoms with Crippen molar-refractivity contribution in [3.63, 3.8) is 0 Å². The number of amides is 1. The van der Waals surface area contributed by atoms with E-state index in [2.05, 4.69) is 35.7 Å². The van der Waals surface area contributed by atoms with Gasteiger partial charge in [-0.3, -0.25) is 10.1 Å². The molecule has 0 aliphatic carbocycles. The molecule has 0 atom stereocenters. The predicted molar refractivity (Wildman–Crippen MR) is 104 cm³/mol. The molecule has 3 aromatic heterocycles. The maximum atomic E-state index is 12.3. The zero-order valence-electron chi connectivity index (χ0n) is 14.3. The van der Waals surface area contributed by atoms with Gasteiger partial charge < -0.3 is 14.6 Å². The molecule has 0 spiro atoms. The van der Waals surface area contributed by atoms with Gasteiger partial charge in [0.15, 0.2) is 0 Å². The number of carbonyl (C=O) groups excluding carboxylic acids is 1. The van der Waals surface area contributed by atoms with Gasteiger partial charge in [0.05, 0.1) is 11.9 Å². The summed E-state index contributed by atoms with van der Waals surface area (Å²) in [6.45, 7) is 1.97. The van der Waals surface area contributed by atoms with Crippen molar-refractivity contribution in [3.8, 4) is 0 Å². The highest BCUT2D eigenvalue weighted by Gasteiger charge is 2.16. The second kappa shape index (κ2) is 8.04. The summed E-state index contributed by atoms with van der Waals surface area (Å²) in [5, 5.41) is 13.1. The van der Waals surface area contributed by atoms with Crippen molar-refractivity contribution in [1.82, 2.24) is 20.2 Å². The molecule has 1 fully saturated rings. The van der Waals surface area contributed by atoms with E-state index in [-0.39, 0.29) is 11.9 Å². The van der Waals surface area contributed by atoms with E-state index in [4.69, 9.17) is 4.42 Å². The molecule has 0 aromatic carbocycles. The molecule has 2 N–H and O–H groups in total. The molecule has 0 saturated carbocycles. The van der Waals surface area contributed by atoms with Crippen molar-refractivity contribution in [1.29, 1.82) is 0 Å².